The molecule has 0 spiro atoms. The molecule has 7 heteroatoms. The summed E-state index contributed by atoms with van der Waals surface area (Å²) < 4.78 is 1.68. The van der Waals surface area contributed by atoms with Gasteiger partial charge in [0.25, 0.3) is 0 Å². The number of hydrogen-bond acceptors (Lipinski definition) is 5. The van der Waals surface area contributed by atoms with Crippen LogP contribution in [0, 0.1) is 13.8 Å². The summed E-state index contributed by atoms with van der Waals surface area (Å²) in [5, 5.41) is 26.7. The Morgan fingerprint density at radius 2 is 1.84 bits per heavy atom. The van der Waals surface area contributed by atoms with E-state index in [1.807, 2.05) is 13.2 Å². The summed E-state index contributed by atoms with van der Waals surface area (Å²) in [5.41, 5.74) is 3.92. The minimum absolute atomic E-state index is 0.398. The fourth-order valence-electron chi connectivity index (χ4n) is 2.80. The molecule has 7 nitrogen and oxygen atoms in total. The Labute approximate surface area is 147 Å². The maximum atomic E-state index is 10.6. The van der Waals surface area contributed by atoms with Gasteiger partial charge in [-0.05, 0) is 44.0 Å². The Bertz CT molecular complexity index is 844. The van der Waals surface area contributed by atoms with Gasteiger partial charge in [-0.1, -0.05) is 6.07 Å². The Hall–Kier alpha value is -2.51. The first-order valence-corrected chi connectivity index (χ1v) is 8.25. The predicted octanol–water partition coefficient (Wildman–Crippen LogP) is 1.61. The Morgan fingerprint density at radius 1 is 1.12 bits per heavy atom. The quantitative estimate of drug-likeness (QED) is 0.713. The monoisotopic (exact) mass is 340 g/mol. The van der Waals surface area contributed by atoms with Gasteiger partial charge in [0.2, 0.25) is 0 Å². The van der Waals surface area contributed by atoms with Crippen molar-refractivity contribution in [1.29, 1.82) is 0 Å². The molecule has 0 saturated heterocycles. The van der Waals surface area contributed by atoms with Crippen LogP contribution in [-0.4, -0.2) is 36.4 Å². The number of rotatable bonds is 6. The zero-order chi connectivity index (χ0) is 18.0. The molecule has 0 saturated carbocycles. The standard InChI is InChI=1S/C18H24N6O/c1-13-5-14(2)7-17(6-13)24-21-10-16(22-24)9-19-12-18(3,25)15-8-20-23(4)11-15/h5-8,10-11,19,25H,9,12H2,1-4H3. The fourth-order valence-corrected chi connectivity index (χ4v) is 2.80. The van der Waals surface area contributed by atoms with E-state index in [9.17, 15) is 5.11 Å². The van der Waals surface area contributed by atoms with Crippen molar-refractivity contribution < 1.29 is 5.11 Å². The van der Waals surface area contributed by atoms with Crippen LogP contribution in [0.5, 0.6) is 0 Å². The molecule has 1 atom stereocenters. The van der Waals surface area contributed by atoms with Crippen LogP contribution in [0.4, 0.5) is 0 Å². The number of aromatic nitrogens is 5. The van der Waals surface area contributed by atoms with Gasteiger partial charge < -0.3 is 10.4 Å². The Balaban J connectivity index is 1.62. The number of hydrogen-bond donors (Lipinski definition) is 2. The molecule has 2 heterocycles. The lowest BCUT2D eigenvalue weighted by Crippen LogP contribution is -2.35. The molecule has 25 heavy (non-hydrogen) atoms. The molecular formula is C18H24N6O. The lowest BCUT2D eigenvalue weighted by Gasteiger charge is -2.22. The van der Waals surface area contributed by atoms with Crippen LogP contribution in [0.2, 0.25) is 0 Å². The number of nitrogens with one attached hydrogen (secondary N) is 1. The van der Waals surface area contributed by atoms with E-state index in [1.54, 1.807) is 28.8 Å². The number of aryl methyl sites for hydroxylation is 3. The third-order valence-electron chi connectivity index (χ3n) is 4.08. The van der Waals surface area contributed by atoms with Crippen molar-refractivity contribution in [2.45, 2.75) is 32.9 Å². The summed E-state index contributed by atoms with van der Waals surface area (Å²) in [4.78, 5) is 1.64. The predicted molar refractivity (Wildman–Crippen MR) is 95.3 cm³/mol. The van der Waals surface area contributed by atoms with E-state index in [0.717, 1.165) is 16.9 Å². The van der Waals surface area contributed by atoms with Crippen LogP contribution >= 0.6 is 0 Å². The molecule has 0 aliphatic rings. The first-order valence-electron chi connectivity index (χ1n) is 8.25. The normalized spacial score (nSPS) is 13.8. The van der Waals surface area contributed by atoms with Gasteiger partial charge in [-0.25, -0.2) is 0 Å². The smallest absolute Gasteiger partial charge is 0.102 e. The molecule has 1 aromatic carbocycles. The van der Waals surface area contributed by atoms with Crippen molar-refractivity contribution >= 4 is 0 Å². The maximum absolute atomic E-state index is 10.6. The fraction of sp³-hybridized carbons (Fsp3) is 0.389. The molecule has 0 fully saturated rings. The molecule has 132 valence electrons. The summed E-state index contributed by atoms with van der Waals surface area (Å²) in [7, 11) is 1.83. The SMILES string of the molecule is Cc1cc(C)cc(-n2ncc(CNCC(C)(O)c3cnn(C)c3)n2)c1. The van der Waals surface area contributed by atoms with Crippen molar-refractivity contribution in [2.75, 3.05) is 6.54 Å². The van der Waals surface area contributed by atoms with E-state index in [2.05, 4.69) is 52.7 Å². The van der Waals surface area contributed by atoms with E-state index in [4.69, 9.17) is 0 Å². The number of aliphatic hydroxyl groups is 1. The molecule has 1 unspecified atom stereocenters. The number of nitrogens with zero attached hydrogens (tertiary/aromatic N) is 5. The first-order chi connectivity index (χ1) is 11.8. The lowest BCUT2D eigenvalue weighted by atomic mass is 10.00. The third kappa shape index (κ3) is 4.12. The zero-order valence-corrected chi connectivity index (χ0v) is 15.1. The zero-order valence-electron chi connectivity index (χ0n) is 15.1. The van der Waals surface area contributed by atoms with Gasteiger partial charge in [0, 0.05) is 31.9 Å². The molecule has 0 aliphatic carbocycles. The third-order valence-corrected chi connectivity index (χ3v) is 4.08. The number of benzene rings is 1. The average Bonchev–Trinajstić information content (AvgIpc) is 3.15. The van der Waals surface area contributed by atoms with Gasteiger partial charge in [0.1, 0.15) is 5.60 Å². The summed E-state index contributed by atoms with van der Waals surface area (Å²) in [6.07, 6.45) is 5.24. The van der Waals surface area contributed by atoms with Crippen molar-refractivity contribution in [3.05, 3.63) is 59.2 Å². The van der Waals surface area contributed by atoms with Crippen molar-refractivity contribution in [1.82, 2.24) is 30.1 Å². The van der Waals surface area contributed by atoms with Crippen LogP contribution in [0.25, 0.3) is 5.69 Å². The summed E-state index contributed by atoms with van der Waals surface area (Å²) in [6, 6.07) is 6.23. The maximum Gasteiger partial charge on any atom is 0.102 e. The lowest BCUT2D eigenvalue weighted by molar-refractivity contribution is 0.0565. The minimum atomic E-state index is -0.988. The average molecular weight is 340 g/mol. The van der Waals surface area contributed by atoms with E-state index >= 15 is 0 Å². The van der Waals surface area contributed by atoms with Gasteiger partial charge in [-0.15, -0.1) is 0 Å². The molecule has 2 N–H and O–H groups in total. The highest BCUT2D eigenvalue weighted by atomic mass is 16.3. The topological polar surface area (TPSA) is 80.8 Å². The second-order valence-electron chi connectivity index (χ2n) is 6.75. The molecular weight excluding hydrogens is 316 g/mol. The molecule has 0 radical (unpaired) electrons. The minimum Gasteiger partial charge on any atom is -0.384 e. The van der Waals surface area contributed by atoms with Gasteiger partial charge >= 0.3 is 0 Å². The van der Waals surface area contributed by atoms with Crippen molar-refractivity contribution in [3.63, 3.8) is 0 Å². The second kappa shape index (κ2) is 6.78. The van der Waals surface area contributed by atoms with E-state index in [1.165, 1.54) is 11.1 Å². The van der Waals surface area contributed by atoms with Crippen molar-refractivity contribution in [3.8, 4) is 5.69 Å². The highest BCUT2D eigenvalue weighted by molar-refractivity contribution is 5.37. The van der Waals surface area contributed by atoms with Crippen LogP contribution < -0.4 is 5.32 Å². The Morgan fingerprint density at radius 3 is 2.48 bits per heavy atom. The molecule has 3 rings (SSSR count). The van der Waals surface area contributed by atoms with E-state index < -0.39 is 5.60 Å². The van der Waals surface area contributed by atoms with Gasteiger partial charge in [0.15, 0.2) is 0 Å². The van der Waals surface area contributed by atoms with Crippen LogP contribution in [0.3, 0.4) is 0 Å². The van der Waals surface area contributed by atoms with Crippen molar-refractivity contribution in [2.24, 2.45) is 7.05 Å². The summed E-state index contributed by atoms with van der Waals surface area (Å²) in [5.74, 6) is 0. The van der Waals surface area contributed by atoms with Gasteiger partial charge in [-0.3, -0.25) is 4.68 Å². The summed E-state index contributed by atoms with van der Waals surface area (Å²) >= 11 is 0. The molecule has 3 aromatic rings. The second-order valence-corrected chi connectivity index (χ2v) is 6.75. The molecule has 0 aliphatic heterocycles. The van der Waals surface area contributed by atoms with Crippen LogP contribution in [0.15, 0.2) is 36.8 Å². The largest absolute Gasteiger partial charge is 0.384 e. The molecule has 2 aromatic heterocycles. The highest BCUT2D eigenvalue weighted by Gasteiger charge is 2.24. The van der Waals surface area contributed by atoms with Gasteiger partial charge in [0.05, 0.1) is 23.8 Å². The molecule has 0 bridgehead atoms. The van der Waals surface area contributed by atoms with Gasteiger partial charge in [-0.2, -0.15) is 20.1 Å². The van der Waals surface area contributed by atoms with Crippen LogP contribution in [0.1, 0.15) is 29.3 Å². The Kier molecular flexibility index (Phi) is 4.69. The van der Waals surface area contributed by atoms with E-state index in [0.29, 0.717) is 13.1 Å². The van der Waals surface area contributed by atoms with Crippen LogP contribution in [-0.2, 0) is 19.2 Å². The first kappa shape index (κ1) is 17.3. The van der Waals surface area contributed by atoms with E-state index in [-0.39, 0.29) is 0 Å². The highest BCUT2D eigenvalue weighted by Crippen LogP contribution is 2.18. The molecule has 0 amide bonds. The summed E-state index contributed by atoms with van der Waals surface area (Å²) in [6.45, 7) is 6.81.